The lowest BCUT2D eigenvalue weighted by Crippen LogP contribution is -2.40. The van der Waals surface area contributed by atoms with Gasteiger partial charge in [-0.2, -0.15) is 5.10 Å². The Kier molecular flexibility index (Phi) is 5.94. The van der Waals surface area contributed by atoms with Crippen LogP contribution in [0.5, 0.6) is 0 Å². The highest BCUT2D eigenvalue weighted by Gasteiger charge is 2.23. The molecule has 1 aliphatic heterocycles. The lowest BCUT2D eigenvalue weighted by atomic mass is 9.99. The van der Waals surface area contributed by atoms with Crippen LogP contribution in [-0.2, 0) is 21.3 Å². The van der Waals surface area contributed by atoms with Crippen molar-refractivity contribution >= 4 is 16.7 Å². The smallest absolute Gasteiger partial charge is 0.235 e. The normalized spacial score (nSPS) is 16.1. The van der Waals surface area contributed by atoms with E-state index in [9.17, 15) is 9.00 Å². The molecule has 1 fully saturated rings. The molecule has 0 bridgehead atoms. The van der Waals surface area contributed by atoms with Gasteiger partial charge in [-0.05, 0) is 43.0 Å². The number of carbonyl (C=O) groups excluding carboxylic acids is 1. The summed E-state index contributed by atoms with van der Waals surface area (Å²) in [5.41, 5.74) is 1.80. The highest BCUT2D eigenvalue weighted by molar-refractivity contribution is 7.84. The summed E-state index contributed by atoms with van der Waals surface area (Å²) in [6, 6.07) is 13.8. The van der Waals surface area contributed by atoms with Crippen LogP contribution in [0.4, 0.5) is 0 Å². The Morgan fingerprint density at radius 1 is 1.10 bits per heavy atom. The largest absolute Gasteiger partial charge is 0.342 e. The molecular weight excluding hydrogens is 384 g/mol. The Hall–Kier alpha value is -2.67. The van der Waals surface area contributed by atoms with Gasteiger partial charge in [0.05, 0.1) is 17.6 Å². The van der Waals surface area contributed by atoms with Gasteiger partial charge in [-0.25, -0.2) is 4.68 Å². The molecule has 1 aliphatic rings. The molecule has 6 nitrogen and oxygen atoms in total. The summed E-state index contributed by atoms with van der Waals surface area (Å²) in [7, 11) is -1.28. The second-order valence-electron chi connectivity index (χ2n) is 7.62. The standard InChI is InChI=1S/C22H26N4O2S/c1-18-9-13-24(14-10-18)21(27)17-29(28)16-19-15-23-26(20-7-3-2-4-8-20)22(19)25-11-5-6-12-25/h2-8,11-12,15,18H,9-10,13-14,16-17H2,1H3. The summed E-state index contributed by atoms with van der Waals surface area (Å²) < 4.78 is 16.6. The van der Waals surface area contributed by atoms with Crippen molar-refractivity contribution in [3.05, 3.63) is 66.6 Å². The van der Waals surface area contributed by atoms with Crippen molar-refractivity contribution < 1.29 is 9.00 Å². The van der Waals surface area contributed by atoms with Crippen molar-refractivity contribution in [1.82, 2.24) is 19.2 Å². The number of piperidine rings is 1. The summed E-state index contributed by atoms with van der Waals surface area (Å²) in [6.07, 6.45) is 7.71. The summed E-state index contributed by atoms with van der Waals surface area (Å²) in [5, 5.41) is 4.54. The van der Waals surface area contributed by atoms with Gasteiger partial charge in [-0.3, -0.25) is 9.00 Å². The first kappa shape index (κ1) is 19.6. The third kappa shape index (κ3) is 4.50. The van der Waals surface area contributed by atoms with E-state index >= 15 is 0 Å². The highest BCUT2D eigenvalue weighted by Crippen LogP contribution is 2.21. The van der Waals surface area contributed by atoms with Gasteiger partial charge in [-0.1, -0.05) is 25.1 Å². The van der Waals surface area contributed by atoms with E-state index in [1.807, 2.05) is 69.0 Å². The Morgan fingerprint density at radius 2 is 1.79 bits per heavy atom. The average molecular weight is 411 g/mol. The monoisotopic (exact) mass is 410 g/mol. The minimum Gasteiger partial charge on any atom is -0.342 e. The van der Waals surface area contributed by atoms with Crippen LogP contribution < -0.4 is 0 Å². The van der Waals surface area contributed by atoms with Gasteiger partial charge in [0.1, 0.15) is 11.6 Å². The number of hydrogen-bond donors (Lipinski definition) is 0. The maximum Gasteiger partial charge on any atom is 0.235 e. The molecule has 1 unspecified atom stereocenters. The van der Waals surface area contributed by atoms with Crippen molar-refractivity contribution in [3.63, 3.8) is 0 Å². The number of nitrogens with zero attached hydrogens (tertiary/aromatic N) is 4. The number of hydrogen-bond acceptors (Lipinski definition) is 3. The number of likely N-dealkylation sites (tertiary alicyclic amines) is 1. The van der Waals surface area contributed by atoms with Gasteiger partial charge in [0.25, 0.3) is 0 Å². The molecule has 0 aliphatic carbocycles. The molecule has 0 spiro atoms. The quantitative estimate of drug-likeness (QED) is 0.627. The van der Waals surface area contributed by atoms with Crippen LogP contribution >= 0.6 is 0 Å². The highest BCUT2D eigenvalue weighted by atomic mass is 32.2. The molecule has 1 aromatic carbocycles. The van der Waals surface area contributed by atoms with Gasteiger partial charge in [0.2, 0.25) is 5.91 Å². The van der Waals surface area contributed by atoms with Gasteiger partial charge in [0.15, 0.2) is 0 Å². The average Bonchev–Trinajstić information content (AvgIpc) is 3.38. The maximum absolute atomic E-state index is 12.8. The first-order chi connectivity index (χ1) is 14.1. The van der Waals surface area contributed by atoms with Crippen LogP contribution in [0.2, 0.25) is 0 Å². The Morgan fingerprint density at radius 3 is 2.48 bits per heavy atom. The van der Waals surface area contributed by atoms with Crippen molar-refractivity contribution in [1.29, 1.82) is 0 Å². The van der Waals surface area contributed by atoms with E-state index in [1.165, 1.54) is 0 Å². The van der Waals surface area contributed by atoms with E-state index in [0.717, 1.165) is 43.0 Å². The minimum absolute atomic E-state index is 0.00630. The van der Waals surface area contributed by atoms with E-state index in [4.69, 9.17) is 0 Å². The molecule has 2 aromatic heterocycles. The van der Waals surface area contributed by atoms with Gasteiger partial charge in [-0.15, -0.1) is 0 Å². The van der Waals surface area contributed by atoms with Gasteiger partial charge >= 0.3 is 0 Å². The van der Waals surface area contributed by atoms with E-state index in [1.54, 1.807) is 6.20 Å². The predicted octanol–water partition coefficient (Wildman–Crippen LogP) is 3.17. The third-order valence-corrected chi connectivity index (χ3v) is 6.61. The molecule has 3 heterocycles. The first-order valence-corrected chi connectivity index (χ1v) is 11.5. The summed E-state index contributed by atoms with van der Waals surface area (Å²) >= 11 is 0. The molecule has 152 valence electrons. The van der Waals surface area contributed by atoms with Crippen molar-refractivity contribution in [2.45, 2.75) is 25.5 Å². The topological polar surface area (TPSA) is 60.1 Å². The molecule has 1 amide bonds. The first-order valence-electron chi connectivity index (χ1n) is 10.00. The Labute approximate surface area is 173 Å². The second-order valence-corrected chi connectivity index (χ2v) is 9.08. The fourth-order valence-electron chi connectivity index (χ4n) is 3.70. The predicted molar refractivity (Wildman–Crippen MR) is 115 cm³/mol. The molecule has 3 aromatic rings. The SMILES string of the molecule is CC1CCN(C(=O)CS(=O)Cc2cnn(-c3ccccc3)c2-n2cccc2)CC1. The van der Waals surface area contributed by atoms with Gasteiger partial charge in [0, 0.05) is 41.8 Å². The van der Waals surface area contributed by atoms with E-state index < -0.39 is 10.8 Å². The molecule has 7 heteroatoms. The van der Waals surface area contributed by atoms with Crippen molar-refractivity contribution in [2.75, 3.05) is 18.8 Å². The Balaban J connectivity index is 1.52. The number of benzene rings is 1. The number of amides is 1. The zero-order chi connectivity index (χ0) is 20.2. The molecule has 29 heavy (non-hydrogen) atoms. The fourth-order valence-corrected chi connectivity index (χ4v) is 4.81. The lowest BCUT2D eigenvalue weighted by molar-refractivity contribution is -0.129. The van der Waals surface area contributed by atoms with E-state index in [0.29, 0.717) is 11.7 Å². The van der Waals surface area contributed by atoms with Crippen LogP contribution in [0, 0.1) is 5.92 Å². The molecular formula is C22H26N4O2S. The summed E-state index contributed by atoms with van der Waals surface area (Å²) in [6.45, 7) is 3.77. The molecule has 4 rings (SSSR count). The number of para-hydroxylation sites is 1. The lowest BCUT2D eigenvalue weighted by Gasteiger charge is -2.30. The number of rotatable bonds is 6. The van der Waals surface area contributed by atoms with E-state index in [2.05, 4.69) is 12.0 Å². The van der Waals surface area contributed by atoms with Gasteiger partial charge < -0.3 is 9.47 Å². The molecule has 0 radical (unpaired) electrons. The van der Waals surface area contributed by atoms with Crippen LogP contribution in [-0.4, -0.2) is 48.2 Å². The van der Waals surface area contributed by atoms with Crippen molar-refractivity contribution in [3.8, 4) is 11.5 Å². The second kappa shape index (κ2) is 8.78. The summed E-state index contributed by atoms with van der Waals surface area (Å²) in [5.74, 6) is 1.88. The van der Waals surface area contributed by atoms with E-state index in [-0.39, 0.29) is 11.7 Å². The molecule has 1 atom stereocenters. The third-order valence-electron chi connectivity index (χ3n) is 5.40. The molecule has 0 saturated carbocycles. The van der Waals surface area contributed by atoms with Crippen LogP contribution in [0.1, 0.15) is 25.3 Å². The summed E-state index contributed by atoms with van der Waals surface area (Å²) in [4.78, 5) is 14.4. The number of carbonyl (C=O) groups is 1. The fraction of sp³-hybridized carbons (Fsp3) is 0.364. The number of aromatic nitrogens is 3. The molecule has 1 saturated heterocycles. The van der Waals surface area contributed by atoms with Crippen LogP contribution in [0.25, 0.3) is 11.5 Å². The molecule has 0 N–H and O–H groups in total. The Bertz CT molecular complexity index is 974. The van der Waals surface area contributed by atoms with Crippen LogP contribution in [0.15, 0.2) is 61.1 Å². The zero-order valence-electron chi connectivity index (χ0n) is 16.6. The minimum atomic E-state index is -1.28. The zero-order valence-corrected chi connectivity index (χ0v) is 17.4. The van der Waals surface area contributed by atoms with Crippen molar-refractivity contribution in [2.24, 2.45) is 5.92 Å². The van der Waals surface area contributed by atoms with Crippen LogP contribution in [0.3, 0.4) is 0 Å². The maximum atomic E-state index is 12.8.